The molecule has 0 bridgehead atoms. The molecule has 5 heteroatoms. The van der Waals surface area contributed by atoms with Crippen LogP contribution in [0.5, 0.6) is 5.75 Å². The van der Waals surface area contributed by atoms with Crippen LogP contribution < -0.4 is 10.3 Å². The number of halogens is 1. The highest BCUT2D eigenvalue weighted by Gasteiger charge is 1.99. The quantitative estimate of drug-likeness (QED) is 0.583. The van der Waals surface area contributed by atoms with Crippen LogP contribution in [0.2, 0.25) is 0 Å². The van der Waals surface area contributed by atoms with E-state index >= 15 is 0 Å². The molecule has 4 nitrogen and oxygen atoms in total. The van der Waals surface area contributed by atoms with Crippen LogP contribution >= 0.6 is 0 Å². The van der Waals surface area contributed by atoms with Crippen molar-refractivity contribution >= 4 is 5.69 Å². The third-order valence-electron chi connectivity index (χ3n) is 1.14. The Morgan fingerprint density at radius 2 is 2.00 bits per heavy atom. The maximum absolute atomic E-state index is 12.2. The number of nitrogens with zero attached hydrogens (tertiary/aromatic N) is 1. The first-order valence-electron chi connectivity index (χ1n) is 2.75. The molecule has 0 saturated carbocycles. The fourth-order valence-electron chi connectivity index (χ4n) is 0.653. The first kappa shape index (κ1) is 7.77. The summed E-state index contributed by atoms with van der Waals surface area (Å²) >= 11 is 0. The van der Waals surface area contributed by atoms with Crippen LogP contribution in [-0.4, -0.2) is 10.4 Å². The predicted octanol–water partition coefficient (Wildman–Crippen LogP) is 0.484. The standard InChI is InChI=1S/C6H6FNO3/c7-4-1-2-5(8(10)11)6(9)3-4/h1-3,9-11H/p-1. The molecule has 0 aliphatic heterocycles. The minimum Gasteiger partial charge on any atom is -0.871 e. The third kappa shape index (κ3) is 1.57. The van der Waals surface area contributed by atoms with Crippen LogP contribution in [-0.2, 0) is 0 Å². The van der Waals surface area contributed by atoms with E-state index in [9.17, 15) is 9.50 Å². The smallest absolute Gasteiger partial charge is 0.122 e. The highest BCUT2D eigenvalue weighted by Crippen LogP contribution is 2.22. The molecule has 0 spiro atoms. The number of benzene rings is 1. The van der Waals surface area contributed by atoms with Crippen molar-refractivity contribution in [1.82, 2.24) is 0 Å². The first-order chi connectivity index (χ1) is 5.11. The number of hydrogen-bond donors (Lipinski definition) is 2. The van der Waals surface area contributed by atoms with Crippen molar-refractivity contribution in [3.63, 3.8) is 0 Å². The van der Waals surface area contributed by atoms with Gasteiger partial charge in [0.2, 0.25) is 0 Å². The van der Waals surface area contributed by atoms with E-state index < -0.39 is 11.6 Å². The second kappa shape index (κ2) is 2.73. The molecular formula is C6H5FNO3-. The molecule has 2 N–H and O–H groups in total. The Morgan fingerprint density at radius 3 is 2.45 bits per heavy atom. The largest absolute Gasteiger partial charge is 0.871 e. The average Bonchev–Trinajstić information content (AvgIpc) is 1.85. The fraction of sp³-hybridized carbons (Fsp3) is 0. The molecule has 0 aliphatic rings. The molecule has 0 saturated heterocycles. The second-order valence-electron chi connectivity index (χ2n) is 1.90. The van der Waals surface area contributed by atoms with Crippen LogP contribution in [0.15, 0.2) is 18.2 Å². The van der Waals surface area contributed by atoms with Gasteiger partial charge in [0.15, 0.2) is 0 Å². The molecule has 0 fully saturated rings. The molecule has 0 aromatic heterocycles. The Kier molecular flexibility index (Phi) is 1.93. The van der Waals surface area contributed by atoms with E-state index in [1.807, 2.05) is 0 Å². The minimum absolute atomic E-state index is 0.345. The van der Waals surface area contributed by atoms with Crippen molar-refractivity contribution < 1.29 is 19.9 Å². The zero-order chi connectivity index (χ0) is 8.43. The van der Waals surface area contributed by atoms with Crippen LogP contribution in [0.4, 0.5) is 10.1 Å². The molecule has 60 valence electrons. The maximum atomic E-state index is 12.2. The summed E-state index contributed by atoms with van der Waals surface area (Å²) in [4.78, 5) is 0. The van der Waals surface area contributed by atoms with Crippen molar-refractivity contribution in [3.05, 3.63) is 24.0 Å². The van der Waals surface area contributed by atoms with Crippen LogP contribution in [0.3, 0.4) is 0 Å². The fourth-order valence-corrected chi connectivity index (χ4v) is 0.653. The molecule has 0 unspecified atom stereocenters. The van der Waals surface area contributed by atoms with Gasteiger partial charge in [-0.25, -0.2) is 4.39 Å². The van der Waals surface area contributed by atoms with Crippen LogP contribution in [0.1, 0.15) is 0 Å². The van der Waals surface area contributed by atoms with Crippen molar-refractivity contribution in [2.75, 3.05) is 5.23 Å². The van der Waals surface area contributed by atoms with Crippen molar-refractivity contribution in [1.29, 1.82) is 0 Å². The van der Waals surface area contributed by atoms with E-state index in [1.54, 1.807) is 0 Å². The highest BCUT2D eigenvalue weighted by atomic mass is 19.1. The number of hydrogen-bond acceptors (Lipinski definition) is 4. The van der Waals surface area contributed by atoms with E-state index in [0.29, 0.717) is 6.07 Å². The zero-order valence-corrected chi connectivity index (χ0v) is 5.36. The Morgan fingerprint density at radius 1 is 1.36 bits per heavy atom. The minimum atomic E-state index is -0.782. The summed E-state index contributed by atoms with van der Waals surface area (Å²) in [5.41, 5.74) is -0.383. The van der Waals surface area contributed by atoms with Gasteiger partial charge in [0.1, 0.15) is 5.82 Å². The van der Waals surface area contributed by atoms with Gasteiger partial charge in [-0.3, -0.25) is 10.4 Å². The average molecular weight is 158 g/mol. The summed E-state index contributed by atoms with van der Waals surface area (Å²) < 4.78 is 12.2. The van der Waals surface area contributed by atoms with Crippen LogP contribution in [0, 0.1) is 5.82 Å². The number of rotatable bonds is 1. The summed E-state index contributed by atoms with van der Waals surface area (Å²) in [5, 5.41) is 27.1. The molecule has 1 rings (SSSR count). The molecule has 0 radical (unpaired) electrons. The van der Waals surface area contributed by atoms with Gasteiger partial charge in [0, 0.05) is 0 Å². The molecule has 0 amide bonds. The molecule has 0 atom stereocenters. The monoisotopic (exact) mass is 158 g/mol. The Bertz CT molecular complexity index is 264. The number of anilines is 1. The van der Waals surface area contributed by atoms with E-state index in [1.165, 1.54) is 0 Å². The second-order valence-corrected chi connectivity index (χ2v) is 1.90. The summed E-state index contributed by atoms with van der Waals surface area (Å²) in [6.07, 6.45) is 0. The third-order valence-corrected chi connectivity index (χ3v) is 1.14. The highest BCUT2D eigenvalue weighted by molar-refractivity contribution is 5.53. The van der Waals surface area contributed by atoms with E-state index in [-0.39, 0.29) is 10.9 Å². The van der Waals surface area contributed by atoms with E-state index in [2.05, 4.69) is 0 Å². The van der Waals surface area contributed by atoms with Crippen molar-refractivity contribution in [3.8, 4) is 5.75 Å². The Hall–Kier alpha value is -1.33. The summed E-state index contributed by atoms with van der Waals surface area (Å²) in [7, 11) is 0. The van der Waals surface area contributed by atoms with Gasteiger partial charge in [-0.05, 0) is 18.2 Å². The molecule has 0 heterocycles. The lowest BCUT2D eigenvalue weighted by Crippen LogP contribution is -2.13. The van der Waals surface area contributed by atoms with Crippen molar-refractivity contribution in [2.45, 2.75) is 0 Å². The Labute approximate surface area is 61.6 Å². The van der Waals surface area contributed by atoms with Gasteiger partial charge in [0.05, 0.1) is 5.69 Å². The SMILES string of the molecule is [O-]c1cc(F)ccc1N(O)O. The first-order valence-corrected chi connectivity index (χ1v) is 2.75. The summed E-state index contributed by atoms with van der Waals surface area (Å²) in [5.74, 6) is -1.49. The van der Waals surface area contributed by atoms with E-state index in [0.717, 1.165) is 12.1 Å². The zero-order valence-electron chi connectivity index (χ0n) is 5.36. The Balaban J connectivity index is 3.09. The predicted molar refractivity (Wildman–Crippen MR) is 31.9 cm³/mol. The molecule has 0 aliphatic carbocycles. The van der Waals surface area contributed by atoms with Gasteiger partial charge < -0.3 is 5.11 Å². The van der Waals surface area contributed by atoms with Gasteiger partial charge in [-0.1, -0.05) is 5.75 Å². The van der Waals surface area contributed by atoms with Gasteiger partial charge in [-0.15, -0.1) is 5.23 Å². The molecular weight excluding hydrogens is 153 g/mol. The van der Waals surface area contributed by atoms with Gasteiger partial charge >= 0.3 is 0 Å². The van der Waals surface area contributed by atoms with E-state index in [4.69, 9.17) is 10.4 Å². The summed E-state index contributed by atoms with van der Waals surface area (Å²) in [6.45, 7) is 0. The normalized spacial score (nSPS) is 9.73. The lowest BCUT2D eigenvalue weighted by molar-refractivity contribution is -0.268. The lowest BCUT2D eigenvalue weighted by atomic mass is 10.3. The van der Waals surface area contributed by atoms with Gasteiger partial charge in [0.25, 0.3) is 0 Å². The summed E-state index contributed by atoms with van der Waals surface area (Å²) in [6, 6.07) is 2.59. The van der Waals surface area contributed by atoms with Crippen LogP contribution in [0.25, 0.3) is 0 Å². The molecule has 11 heavy (non-hydrogen) atoms. The lowest BCUT2D eigenvalue weighted by Gasteiger charge is -2.15. The maximum Gasteiger partial charge on any atom is 0.122 e. The topological polar surface area (TPSA) is 66.8 Å². The van der Waals surface area contributed by atoms with Gasteiger partial charge in [-0.2, -0.15) is 0 Å². The molecule has 1 aromatic carbocycles. The van der Waals surface area contributed by atoms with Crippen molar-refractivity contribution in [2.24, 2.45) is 0 Å². The molecule has 1 aromatic rings.